The summed E-state index contributed by atoms with van der Waals surface area (Å²) in [6.07, 6.45) is 2.74. The van der Waals surface area contributed by atoms with Crippen molar-refractivity contribution in [2.24, 2.45) is 7.05 Å². The van der Waals surface area contributed by atoms with Crippen LogP contribution in [0.3, 0.4) is 0 Å². The van der Waals surface area contributed by atoms with Gasteiger partial charge in [0.15, 0.2) is 0 Å². The third-order valence-corrected chi connectivity index (χ3v) is 7.15. The normalized spacial score (nSPS) is 10.0. The van der Waals surface area contributed by atoms with Gasteiger partial charge in [0.2, 0.25) is 0 Å². The molecule has 4 N–H and O–H groups in total. The highest BCUT2D eigenvalue weighted by Crippen LogP contribution is 2.24. The van der Waals surface area contributed by atoms with Crippen LogP contribution in [0.5, 0.6) is 0 Å². The number of nitrogens with one attached hydrogen (secondary N) is 4. The van der Waals surface area contributed by atoms with E-state index in [1.807, 2.05) is 29.9 Å². The fourth-order valence-electron chi connectivity index (χ4n) is 3.99. The molecule has 0 spiro atoms. The van der Waals surface area contributed by atoms with Gasteiger partial charge in [0.25, 0.3) is 0 Å². The molecule has 2 aromatic carbocycles. The van der Waals surface area contributed by atoms with Gasteiger partial charge >= 0.3 is 30.0 Å². The van der Waals surface area contributed by atoms with Gasteiger partial charge in [0, 0.05) is 43.3 Å². The fourth-order valence-corrected chi connectivity index (χ4v) is 4.76. The largest absolute Gasteiger partial charge is 0.465 e. The number of thiophene rings is 1. The first-order valence-electron chi connectivity index (χ1n) is 14.6. The van der Waals surface area contributed by atoms with Crippen LogP contribution in [0, 0.1) is 0 Å². The second-order valence-corrected chi connectivity index (χ2v) is 10.5. The molecule has 0 aliphatic heterocycles. The van der Waals surface area contributed by atoms with Gasteiger partial charge in [-0.25, -0.2) is 24.0 Å². The van der Waals surface area contributed by atoms with E-state index in [1.165, 1.54) is 18.4 Å². The molecule has 0 radical (unpaired) electrons. The predicted molar refractivity (Wildman–Crippen MR) is 179 cm³/mol. The van der Waals surface area contributed by atoms with Gasteiger partial charge in [0.05, 0.1) is 37.0 Å². The Hall–Kier alpha value is -5.63. The van der Waals surface area contributed by atoms with Crippen LogP contribution in [0.1, 0.15) is 50.6 Å². The molecule has 0 bridgehead atoms. The Morgan fingerprint density at radius 3 is 1.77 bits per heavy atom. The van der Waals surface area contributed by atoms with Crippen molar-refractivity contribution in [3.05, 3.63) is 101 Å². The van der Waals surface area contributed by atoms with Crippen LogP contribution in [0.25, 0.3) is 0 Å². The molecule has 2 aromatic heterocycles. The molecule has 4 rings (SSSR count). The van der Waals surface area contributed by atoms with Crippen LogP contribution in [-0.4, -0.2) is 61.4 Å². The van der Waals surface area contributed by atoms with Gasteiger partial charge in [-0.3, -0.25) is 5.32 Å². The van der Waals surface area contributed by atoms with Crippen molar-refractivity contribution < 1.29 is 38.2 Å². The Labute approximate surface area is 276 Å². The number of urea groups is 2. The number of aromatic nitrogens is 1. The molecule has 0 aliphatic rings. The van der Waals surface area contributed by atoms with Crippen molar-refractivity contribution in [1.29, 1.82) is 0 Å². The number of nitrogens with zero attached hydrogens (tertiary/aromatic N) is 1. The molecule has 0 saturated carbocycles. The summed E-state index contributed by atoms with van der Waals surface area (Å²) in [5.41, 5.74) is 3.42. The van der Waals surface area contributed by atoms with E-state index >= 15 is 0 Å². The zero-order chi connectivity index (χ0) is 34.2. The molecule has 0 saturated heterocycles. The van der Waals surface area contributed by atoms with Gasteiger partial charge in [-0.15, -0.1) is 11.3 Å². The van der Waals surface area contributed by atoms with Crippen LogP contribution < -0.4 is 21.3 Å². The van der Waals surface area contributed by atoms with Crippen molar-refractivity contribution in [3.8, 4) is 0 Å². The number of carbonyl (C=O) groups is 5. The molecule has 0 fully saturated rings. The van der Waals surface area contributed by atoms with E-state index in [9.17, 15) is 24.0 Å². The number of aryl methyl sites for hydroxylation is 1. The summed E-state index contributed by atoms with van der Waals surface area (Å²) >= 11 is 1.21. The van der Waals surface area contributed by atoms with Crippen LogP contribution >= 0.6 is 11.3 Å². The van der Waals surface area contributed by atoms with Crippen LogP contribution in [-0.2, 0) is 27.7 Å². The smallest absolute Gasteiger partial charge is 0.340 e. The van der Waals surface area contributed by atoms with Crippen molar-refractivity contribution >= 4 is 57.7 Å². The van der Waals surface area contributed by atoms with Crippen molar-refractivity contribution in [2.45, 2.75) is 20.3 Å². The van der Waals surface area contributed by atoms with E-state index in [-0.39, 0.29) is 17.6 Å². The van der Waals surface area contributed by atoms with Crippen LogP contribution in [0.15, 0.2) is 78.3 Å². The van der Waals surface area contributed by atoms with Crippen molar-refractivity contribution in [1.82, 2.24) is 9.88 Å². The topological polar surface area (TPSA) is 166 Å². The number of methoxy groups -OCH3 is 1. The summed E-state index contributed by atoms with van der Waals surface area (Å²) in [6.45, 7) is 4.66. The van der Waals surface area contributed by atoms with E-state index in [0.717, 1.165) is 12.1 Å². The predicted octanol–water partition coefficient (Wildman–Crippen LogP) is 5.92. The van der Waals surface area contributed by atoms with E-state index in [2.05, 4.69) is 26.0 Å². The monoisotopic (exact) mass is 663 g/mol. The number of hydrogen-bond donors (Lipinski definition) is 4. The number of anilines is 3. The first kappa shape index (κ1) is 35.8. The first-order valence-corrected chi connectivity index (χ1v) is 15.5. The number of carbonyl (C=O) groups excluding carboxylic acids is 5. The average molecular weight is 664 g/mol. The summed E-state index contributed by atoms with van der Waals surface area (Å²) < 4.78 is 16.5. The van der Waals surface area contributed by atoms with Crippen LogP contribution in [0.4, 0.5) is 26.0 Å². The van der Waals surface area contributed by atoms with Crippen LogP contribution in [0.2, 0.25) is 0 Å². The molecular formula is C33H37N5O8S. The second kappa shape index (κ2) is 18.4. The van der Waals surface area contributed by atoms with Crippen molar-refractivity contribution in [2.75, 3.05) is 42.8 Å². The molecule has 4 aromatic rings. The Morgan fingerprint density at radius 1 is 0.723 bits per heavy atom. The van der Waals surface area contributed by atoms with E-state index in [0.29, 0.717) is 47.3 Å². The Morgan fingerprint density at radius 2 is 1.28 bits per heavy atom. The summed E-state index contributed by atoms with van der Waals surface area (Å²) in [4.78, 5) is 58.5. The quantitative estimate of drug-likeness (QED) is 0.113. The van der Waals surface area contributed by atoms with Gasteiger partial charge in [0.1, 0.15) is 5.00 Å². The van der Waals surface area contributed by atoms with Gasteiger partial charge in [-0.05, 0) is 86.0 Å². The van der Waals surface area contributed by atoms with E-state index in [4.69, 9.17) is 9.47 Å². The Balaban J connectivity index is 0.000000256. The highest BCUT2D eigenvalue weighted by Gasteiger charge is 2.15. The minimum Gasteiger partial charge on any atom is -0.465 e. The molecule has 4 amide bonds. The third-order valence-electron chi connectivity index (χ3n) is 6.32. The van der Waals surface area contributed by atoms with Gasteiger partial charge < -0.3 is 34.7 Å². The van der Waals surface area contributed by atoms with Crippen molar-refractivity contribution in [3.63, 3.8) is 0 Å². The molecule has 0 aliphatic carbocycles. The molecule has 13 nitrogen and oxygen atoms in total. The lowest BCUT2D eigenvalue weighted by molar-refractivity contribution is 0.0517. The molecule has 248 valence electrons. The molecule has 47 heavy (non-hydrogen) atoms. The standard InChI is InChI=1S/C17H21N3O3.C16H16N2O5S/c1-3-23-16(21)13-6-8-14(9-7-13)19-17(22)18-11-10-15-5-4-12-20(15)2;1-3-23-14(19)10-4-6-11(7-5-10)17-16(21)18-13-12(8-9-24-13)15(20)22-2/h4-9,12H,3,10-11H2,1-2H3,(H2,18,19,22);4-9H,3H2,1-2H3,(H2,17,18,21). The van der Waals surface area contributed by atoms with E-state index < -0.39 is 18.0 Å². The number of amides is 4. The summed E-state index contributed by atoms with van der Waals surface area (Å²) in [7, 11) is 3.25. The average Bonchev–Trinajstić information content (AvgIpc) is 3.70. The zero-order valence-corrected chi connectivity index (χ0v) is 27.3. The SMILES string of the molecule is CCOC(=O)c1ccc(NC(=O)NCCc2cccn2C)cc1.CCOC(=O)c1ccc(NC(=O)Nc2sccc2C(=O)OC)cc1. The number of hydrogen-bond acceptors (Lipinski definition) is 9. The zero-order valence-electron chi connectivity index (χ0n) is 26.5. The Bertz CT molecular complexity index is 1650. The molecular weight excluding hydrogens is 626 g/mol. The fraction of sp³-hybridized carbons (Fsp3) is 0.242. The summed E-state index contributed by atoms with van der Waals surface area (Å²) in [6, 6.07) is 17.6. The molecule has 14 heteroatoms. The molecule has 0 unspecified atom stereocenters. The highest BCUT2D eigenvalue weighted by atomic mass is 32.1. The number of esters is 3. The molecule has 0 atom stereocenters. The van der Waals surface area contributed by atoms with Gasteiger partial charge in [-0.2, -0.15) is 0 Å². The minimum absolute atomic E-state index is 0.275. The Kier molecular flexibility index (Phi) is 14.0. The summed E-state index contributed by atoms with van der Waals surface area (Å²) in [5, 5.41) is 12.8. The maximum absolute atomic E-state index is 12.0. The van der Waals surface area contributed by atoms with Gasteiger partial charge in [-0.1, -0.05) is 0 Å². The first-order chi connectivity index (χ1) is 22.6. The number of rotatable bonds is 11. The lowest BCUT2D eigenvalue weighted by Crippen LogP contribution is -2.30. The minimum atomic E-state index is -0.523. The van der Waals surface area contributed by atoms with E-state index in [1.54, 1.807) is 73.8 Å². The maximum Gasteiger partial charge on any atom is 0.340 e. The lowest BCUT2D eigenvalue weighted by Gasteiger charge is -2.09. The number of benzene rings is 2. The third kappa shape index (κ3) is 11.3. The molecule has 2 heterocycles. The summed E-state index contributed by atoms with van der Waals surface area (Å²) in [5.74, 6) is -1.31. The maximum atomic E-state index is 12.0. The lowest BCUT2D eigenvalue weighted by atomic mass is 10.2. The number of ether oxygens (including phenoxy) is 3. The highest BCUT2D eigenvalue weighted by molar-refractivity contribution is 7.14. The second-order valence-electron chi connectivity index (χ2n) is 9.57.